The molecule has 0 N–H and O–H groups in total. The number of aryl methyl sites for hydroxylation is 1. The van der Waals surface area contributed by atoms with Crippen molar-refractivity contribution in [3.8, 4) is 40.0 Å². The van der Waals surface area contributed by atoms with E-state index < -0.39 is 22.1 Å². The van der Waals surface area contributed by atoms with Crippen LogP contribution >= 0.6 is 11.6 Å². The van der Waals surface area contributed by atoms with Crippen LogP contribution in [-0.4, -0.2) is 45.6 Å². The van der Waals surface area contributed by atoms with E-state index in [0.29, 0.717) is 74.5 Å². The van der Waals surface area contributed by atoms with Gasteiger partial charge in [-0.25, -0.2) is 9.59 Å². The molecule has 1 aliphatic rings. The van der Waals surface area contributed by atoms with Gasteiger partial charge in [-0.1, -0.05) is 67.4 Å². The van der Waals surface area contributed by atoms with Crippen molar-refractivity contribution in [1.82, 2.24) is 9.78 Å². The van der Waals surface area contributed by atoms with Gasteiger partial charge in [-0.2, -0.15) is 5.10 Å². The summed E-state index contributed by atoms with van der Waals surface area (Å²) in [5.74, 6) is 0.754. The number of nitrogens with zero attached hydrogens (tertiary/aromatic N) is 4. The quantitative estimate of drug-likeness (QED) is 0.0217. The van der Waals surface area contributed by atoms with Crippen molar-refractivity contribution in [3.05, 3.63) is 179 Å². The standard InChI is InChI=1S/C48H43ClN4O13/c1-3-4-20-51-46(42-18-13-38(49)26-45(42)62-30-34-7-5-6-8-41(34)48(55)66-40-16-11-32(12-17-40)29-64-53(58)59)37(27-50-51)23-36(22-35-25-44-33(19-21-61-44)24-43(35)60-2)47(54)65-39-14-9-31(10-15-39)28-63-52(56)57/h5-18,23-27H,3-4,19-22,28-30H2,1-2H3/b36-23+. The van der Waals surface area contributed by atoms with E-state index in [2.05, 4.69) is 16.6 Å². The van der Waals surface area contributed by atoms with Crippen LogP contribution in [0.15, 0.2) is 115 Å². The molecule has 0 saturated carbocycles. The van der Waals surface area contributed by atoms with Crippen LogP contribution in [0.25, 0.3) is 17.3 Å². The lowest BCUT2D eigenvalue weighted by Crippen LogP contribution is -2.14. The van der Waals surface area contributed by atoms with Gasteiger partial charge in [0, 0.05) is 57.8 Å². The molecule has 0 saturated heterocycles. The molecular formula is C48H43ClN4O13. The van der Waals surface area contributed by atoms with Gasteiger partial charge in [0.15, 0.2) is 0 Å². The third-order valence-electron chi connectivity index (χ3n) is 10.4. The number of aromatic nitrogens is 2. The maximum Gasteiger partial charge on any atom is 0.343 e. The van der Waals surface area contributed by atoms with Gasteiger partial charge in [-0.05, 0) is 84.3 Å². The molecule has 340 valence electrons. The number of carbonyl (C=O) groups is 2. The van der Waals surface area contributed by atoms with Crippen LogP contribution in [-0.2, 0) is 53.7 Å². The van der Waals surface area contributed by atoms with Gasteiger partial charge in [0.1, 0.15) is 48.6 Å². The van der Waals surface area contributed by atoms with Crippen LogP contribution in [0, 0.1) is 20.2 Å². The largest absolute Gasteiger partial charge is 0.496 e. The summed E-state index contributed by atoms with van der Waals surface area (Å²) >= 11 is 6.59. The fourth-order valence-corrected chi connectivity index (χ4v) is 7.30. The molecule has 0 atom stereocenters. The number of halogens is 1. The number of carbonyl (C=O) groups excluding carboxylic acids is 2. The van der Waals surface area contributed by atoms with Crippen LogP contribution in [0.3, 0.4) is 0 Å². The molecule has 2 heterocycles. The minimum Gasteiger partial charge on any atom is -0.496 e. The van der Waals surface area contributed by atoms with Crippen LogP contribution in [0.5, 0.6) is 28.7 Å². The van der Waals surface area contributed by atoms with Crippen LogP contribution in [0.4, 0.5) is 0 Å². The molecule has 5 aromatic carbocycles. The van der Waals surface area contributed by atoms with E-state index in [4.69, 9.17) is 40.4 Å². The molecular weight excluding hydrogens is 876 g/mol. The molecule has 0 fully saturated rings. The minimum absolute atomic E-state index is 0.0707. The van der Waals surface area contributed by atoms with Crippen molar-refractivity contribution in [3.63, 3.8) is 0 Å². The number of fused-ring (bicyclic) bond motifs is 1. The summed E-state index contributed by atoms with van der Waals surface area (Å²) in [6, 6.07) is 28.1. The SMILES string of the molecule is CCCCn1ncc(/C=C(\Cc2cc3c(cc2OC)CCO3)C(=O)Oc2ccc(CO[N+](=O)[O-])cc2)c1-c1ccc(Cl)cc1OCc1ccccc1C(=O)Oc1ccc(CO[N+](=O)[O-])cc1. The van der Waals surface area contributed by atoms with Crippen molar-refractivity contribution in [2.24, 2.45) is 0 Å². The molecule has 0 unspecified atom stereocenters. The molecule has 0 amide bonds. The third-order valence-corrected chi connectivity index (χ3v) is 10.7. The summed E-state index contributed by atoms with van der Waals surface area (Å²) in [6.07, 6.45) is 5.84. The first-order valence-corrected chi connectivity index (χ1v) is 21.1. The summed E-state index contributed by atoms with van der Waals surface area (Å²) < 4.78 is 31.6. The molecule has 0 radical (unpaired) electrons. The van der Waals surface area contributed by atoms with E-state index in [9.17, 15) is 29.8 Å². The Morgan fingerprint density at radius 2 is 1.52 bits per heavy atom. The van der Waals surface area contributed by atoms with E-state index in [-0.39, 0.29) is 48.9 Å². The van der Waals surface area contributed by atoms with E-state index >= 15 is 0 Å². The summed E-state index contributed by atoms with van der Waals surface area (Å²) in [4.78, 5) is 58.0. The maximum absolute atomic E-state index is 14.3. The Morgan fingerprint density at radius 3 is 2.18 bits per heavy atom. The number of rotatable bonds is 21. The lowest BCUT2D eigenvalue weighted by atomic mass is 9.98. The van der Waals surface area contributed by atoms with Gasteiger partial charge >= 0.3 is 11.9 Å². The van der Waals surface area contributed by atoms with Crippen molar-refractivity contribution >= 4 is 29.6 Å². The number of hydrogen-bond donors (Lipinski definition) is 0. The summed E-state index contributed by atoms with van der Waals surface area (Å²) in [5.41, 5.74) is 5.49. The molecule has 7 rings (SSSR count). The zero-order valence-corrected chi connectivity index (χ0v) is 36.6. The van der Waals surface area contributed by atoms with Crippen molar-refractivity contribution in [1.29, 1.82) is 0 Å². The fourth-order valence-electron chi connectivity index (χ4n) is 7.13. The summed E-state index contributed by atoms with van der Waals surface area (Å²) in [5, 5.41) is 24.7. The van der Waals surface area contributed by atoms with Gasteiger partial charge in [-0.3, -0.25) is 4.68 Å². The van der Waals surface area contributed by atoms with Crippen LogP contribution in [0.1, 0.15) is 63.5 Å². The molecule has 0 spiro atoms. The number of hydrogen-bond acceptors (Lipinski definition) is 14. The Hall–Kier alpha value is -7.92. The molecule has 66 heavy (non-hydrogen) atoms. The number of ether oxygens (including phenoxy) is 5. The third kappa shape index (κ3) is 11.8. The second-order valence-corrected chi connectivity index (χ2v) is 15.3. The van der Waals surface area contributed by atoms with E-state index in [0.717, 1.165) is 24.8 Å². The van der Waals surface area contributed by atoms with Gasteiger partial charge in [0.2, 0.25) is 0 Å². The lowest BCUT2D eigenvalue weighted by Gasteiger charge is -2.17. The molecule has 0 aliphatic carbocycles. The van der Waals surface area contributed by atoms with E-state index in [1.54, 1.807) is 86.1 Å². The normalized spacial score (nSPS) is 11.8. The molecule has 17 nitrogen and oxygen atoms in total. The highest BCUT2D eigenvalue weighted by atomic mass is 35.5. The predicted molar refractivity (Wildman–Crippen MR) is 239 cm³/mol. The average molecular weight is 919 g/mol. The highest BCUT2D eigenvalue weighted by molar-refractivity contribution is 6.30. The monoisotopic (exact) mass is 918 g/mol. The number of unbranched alkanes of at least 4 members (excludes halogenated alkanes) is 1. The van der Waals surface area contributed by atoms with Gasteiger partial charge < -0.3 is 33.4 Å². The molecule has 6 aromatic rings. The first-order chi connectivity index (χ1) is 32.0. The number of esters is 2. The van der Waals surface area contributed by atoms with Crippen molar-refractivity contribution in [2.45, 2.75) is 59.0 Å². The highest BCUT2D eigenvalue weighted by Gasteiger charge is 2.24. The fraction of sp³-hybridized carbons (Fsp3) is 0.229. The van der Waals surface area contributed by atoms with Crippen LogP contribution < -0.4 is 23.7 Å². The molecule has 1 aliphatic heterocycles. The molecule has 1 aromatic heterocycles. The number of benzene rings is 5. The van der Waals surface area contributed by atoms with Crippen LogP contribution in [0.2, 0.25) is 5.02 Å². The van der Waals surface area contributed by atoms with Gasteiger partial charge in [0.05, 0.1) is 31.2 Å². The minimum atomic E-state index is -0.885. The highest BCUT2D eigenvalue weighted by Crippen LogP contribution is 2.38. The Labute approximate surface area is 383 Å². The summed E-state index contributed by atoms with van der Waals surface area (Å²) in [6.45, 7) is 2.54. The zero-order chi connectivity index (χ0) is 46.6. The lowest BCUT2D eigenvalue weighted by molar-refractivity contribution is -0.763. The van der Waals surface area contributed by atoms with E-state index in [1.165, 1.54) is 24.3 Å². The average Bonchev–Trinajstić information content (AvgIpc) is 3.95. The Bertz CT molecular complexity index is 2750. The topological polar surface area (TPSA) is 203 Å². The molecule has 0 bridgehead atoms. The Kier molecular flexibility index (Phi) is 15.1. The van der Waals surface area contributed by atoms with Crippen molar-refractivity contribution in [2.75, 3.05) is 13.7 Å². The Balaban J connectivity index is 1.21. The first-order valence-electron chi connectivity index (χ1n) is 20.7. The molecule has 18 heteroatoms. The van der Waals surface area contributed by atoms with Crippen molar-refractivity contribution < 1.29 is 53.1 Å². The second kappa shape index (κ2) is 21.6. The zero-order valence-electron chi connectivity index (χ0n) is 35.8. The Morgan fingerprint density at radius 1 is 0.833 bits per heavy atom. The second-order valence-electron chi connectivity index (χ2n) is 14.9. The predicted octanol–water partition coefficient (Wildman–Crippen LogP) is 9.39. The number of methoxy groups -OCH3 is 1. The maximum atomic E-state index is 14.3. The smallest absolute Gasteiger partial charge is 0.343 e. The van der Waals surface area contributed by atoms with E-state index in [1.807, 2.05) is 16.8 Å². The first kappa shape index (κ1) is 46.1. The summed E-state index contributed by atoms with van der Waals surface area (Å²) in [7, 11) is 1.56. The van der Waals surface area contributed by atoms with Gasteiger partial charge in [-0.15, -0.1) is 20.2 Å². The van der Waals surface area contributed by atoms with Gasteiger partial charge in [0.25, 0.3) is 10.2 Å².